The number of nitrogens with zero attached hydrogens (tertiary/aromatic N) is 1. The standard InChI is InChI=1S/C13H19ClN2O2.ClH/c1-3-16(4-2)7-8-18-13(17)11-6-5-10(15)9-12(11)14;/h5-6,9H,3-4,7-8,15H2,1-2H3;1H/i7D2,8D2;. The third kappa shape index (κ3) is 5.68. The van der Waals surface area contributed by atoms with E-state index in [0.717, 1.165) is 0 Å². The quantitative estimate of drug-likeness (QED) is 0.648. The second-order valence-electron chi connectivity index (χ2n) is 3.51. The van der Waals surface area contributed by atoms with Gasteiger partial charge >= 0.3 is 5.97 Å². The molecule has 0 atom stereocenters. The highest BCUT2D eigenvalue weighted by molar-refractivity contribution is 6.33. The molecule has 0 radical (unpaired) electrons. The van der Waals surface area contributed by atoms with Crippen molar-refractivity contribution in [3.63, 3.8) is 0 Å². The molecular formula is C13H20Cl2N2O2. The van der Waals surface area contributed by atoms with Crippen LogP contribution in [0.5, 0.6) is 0 Å². The lowest BCUT2D eigenvalue weighted by molar-refractivity contribution is 0.0466. The number of hydrogen-bond acceptors (Lipinski definition) is 4. The Hall–Kier alpha value is -0.970. The van der Waals surface area contributed by atoms with Crippen molar-refractivity contribution in [3.05, 3.63) is 28.8 Å². The highest BCUT2D eigenvalue weighted by Gasteiger charge is 2.12. The van der Waals surface area contributed by atoms with E-state index >= 15 is 0 Å². The van der Waals surface area contributed by atoms with Gasteiger partial charge in [-0.3, -0.25) is 0 Å². The number of hydrogen-bond donors (Lipinski definition) is 1. The predicted octanol–water partition coefficient (Wildman–Crippen LogP) is 2.84. The smallest absolute Gasteiger partial charge is 0.339 e. The first-order chi connectivity index (χ1) is 10.1. The fourth-order valence-electron chi connectivity index (χ4n) is 1.27. The molecule has 0 aliphatic carbocycles. The lowest BCUT2D eigenvalue weighted by Gasteiger charge is -2.17. The van der Waals surface area contributed by atoms with Gasteiger partial charge in [0.1, 0.15) is 6.56 Å². The van der Waals surface area contributed by atoms with Crippen molar-refractivity contribution in [1.29, 1.82) is 0 Å². The van der Waals surface area contributed by atoms with Crippen LogP contribution in [-0.2, 0) is 4.74 Å². The molecule has 6 heteroatoms. The number of anilines is 1. The van der Waals surface area contributed by atoms with E-state index in [-0.39, 0.29) is 36.1 Å². The van der Waals surface area contributed by atoms with Gasteiger partial charge in [0, 0.05) is 14.9 Å². The van der Waals surface area contributed by atoms with Crippen LogP contribution in [0.4, 0.5) is 5.69 Å². The summed E-state index contributed by atoms with van der Waals surface area (Å²) in [4.78, 5) is 13.3. The van der Waals surface area contributed by atoms with E-state index in [1.165, 1.54) is 23.1 Å². The number of carbonyl (C=O) groups is 1. The molecule has 1 aromatic carbocycles. The third-order valence-corrected chi connectivity index (χ3v) is 2.64. The van der Waals surface area contributed by atoms with Crippen LogP contribution in [0, 0.1) is 0 Å². The number of nitrogens with two attached hydrogens (primary N) is 1. The molecule has 0 amide bonds. The molecule has 0 fully saturated rings. The number of nitrogen functional groups attached to an aromatic ring is 1. The SMILES string of the molecule is Cl.[2H]C([2H])(OC(=O)c1ccc(N)cc1Cl)C([2H])([2H])N(CC)CC. The van der Waals surface area contributed by atoms with Crippen molar-refractivity contribution in [1.82, 2.24) is 4.90 Å². The van der Waals surface area contributed by atoms with Gasteiger partial charge in [0.2, 0.25) is 0 Å². The zero-order valence-corrected chi connectivity index (χ0v) is 12.3. The minimum atomic E-state index is -2.85. The summed E-state index contributed by atoms with van der Waals surface area (Å²) in [5.74, 6) is -1.05. The minimum absolute atomic E-state index is 0. The second-order valence-corrected chi connectivity index (χ2v) is 3.92. The summed E-state index contributed by atoms with van der Waals surface area (Å²) in [7, 11) is 0. The molecule has 1 rings (SSSR count). The Labute approximate surface area is 130 Å². The van der Waals surface area contributed by atoms with Gasteiger partial charge in [0.05, 0.1) is 13.3 Å². The van der Waals surface area contributed by atoms with Gasteiger partial charge < -0.3 is 15.4 Å². The Kier molecular flexibility index (Phi) is 5.61. The lowest BCUT2D eigenvalue weighted by atomic mass is 10.2. The maximum atomic E-state index is 12.1. The molecule has 0 heterocycles. The van der Waals surface area contributed by atoms with Crippen molar-refractivity contribution in [2.24, 2.45) is 0 Å². The van der Waals surface area contributed by atoms with Crippen LogP contribution < -0.4 is 5.73 Å². The van der Waals surface area contributed by atoms with Gasteiger partial charge in [-0.15, -0.1) is 12.4 Å². The Morgan fingerprint density at radius 2 is 2.11 bits per heavy atom. The summed E-state index contributed by atoms with van der Waals surface area (Å²) in [6, 6.07) is 4.08. The van der Waals surface area contributed by atoms with Crippen molar-refractivity contribution >= 4 is 35.7 Å². The highest BCUT2D eigenvalue weighted by Crippen LogP contribution is 2.19. The summed E-state index contributed by atoms with van der Waals surface area (Å²) >= 11 is 5.88. The fourth-order valence-corrected chi connectivity index (χ4v) is 1.53. The average molecular weight is 311 g/mol. The Morgan fingerprint density at radius 1 is 1.47 bits per heavy atom. The van der Waals surface area contributed by atoms with Gasteiger partial charge in [-0.25, -0.2) is 4.79 Å². The van der Waals surface area contributed by atoms with Gasteiger partial charge in [-0.2, -0.15) is 0 Å². The fraction of sp³-hybridized carbons (Fsp3) is 0.462. The lowest BCUT2D eigenvalue weighted by Crippen LogP contribution is -2.27. The van der Waals surface area contributed by atoms with E-state index < -0.39 is 19.0 Å². The molecule has 108 valence electrons. The summed E-state index contributed by atoms with van der Waals surface area (Å²) in [6.45, 7) is -1.41. The van der Waals surface area contributed by atoms with E-state index in [1.807, 2.05) is 0 Å². The van der Waals surface area contributed by atoms with E-state index in [9.17, 15) is 4.79 Å². The monoisotopic (exact) mass is 310 g/mol. The second kappa shape index (κ2) is 9.02. The summed E-state index contributed by atoms with van der Waals surface area (Å²) in [5.41, 5.74) is 5.80. The van der Waals surface area contributed by atoms with Crippen LogP contribution >= 0.6 is 24.0 Å². The maximum Gasteiger partial charge on any atom is 0.339 e. The predicted molar refractivity (Wildman–Crippen MR) is 81.2 cm³/mol. The molecule has 2 N–H and O–H groups in total. The number of ether oxygens (including phenoxy) is 1. The summed E-state index contributed by atoms with van der Waals surface area (Å²) in [6.07, 6.45) is 0. The highest BCUT2D eigenvalue weighted by atomic mass is 35.5. The zero-order valence-electron chi connectivity index (χ0n) is 14.8. The van der Waals surface area contributed by atoms with Crippen molar-refractivity contribution in [3.8, 4) is 0 Å². The van der Waals surface area contributed by atoms with Gasteiger partial charge in [0.15, 0.2) is 0 Å². The average Bonchev–Trinajstić information content (AvgIpc) is 2.38. The molecule has 0 saturated heterocycles. The largest absolute Gasteiger partial charge is 0.461 e. The molecule has 19 heavy (non-hydrogen) atoms. The Balaban J connectivity index is 0.00000484. The van der Waals surface area contributed by atoms with Crippen molar-refractivity contribution in [2.45, 2.75) is 13.8 Å². The Morgan fingerprint density at radius 3 is 2.63 bits per heavy atom. The molecule has 0 aliphatic heterocycles. The molecule has 1 aromatic rings. The van der Waals surface area contributed by atoms with Crippen LogP contribution in [0.1, 0.15) is 29.7 Å². The van der Waals surface area contributed by atoms with Crippen LogP contribution in [-0.4, -0.2) is 37.0 Å². The molecule has 0 spiro atoms. The number of esters is 1. The van der Waals surface area contributed by atoms with Crippen LogP contribution in [0.15, 0.2) is 18.2 Å². The molecular weight excluding hydrogens is 287 g/mol. The molecule has 0 bridgehead atoms. The van der Waals surface area contributed by atoms with Crippen LogP contribution in [0.3, 0.4) is 0 Å². The van der Waals surface area contributed by atoms with Gasteiger partial charge in [0.25, 0.3) is 0 Å². The molecule has 0 aromatic heterocycles. The van der Waals surface area contributed by atoms with Crippen molar-refractivity contribution in [2.75, 3.05) is 31.9 Å². The van der Waals surface area contributed by atoms with E-state index in [4.69, 9.17) is 27.6 Å². The van der Waals surface area contributed by atoms with Crippen LogP contribution in [0.25, 0.3) is 0 Å². The van der Waals surface area contributed by atoms with E-state index in [0.29, 0.717) is 5.69 Å². The molecule has 4 nitrogen and oxygen atoms in total. The normalized spacial score (nSPS) is 14.7. The zero-order chi connectivity index (χ0) is 17.1. The van der Waals surface area contributed by atoms with Crippen molar-refractivity contribution < 1.29 is 15.0 Å². The summed E-state index contributed by atoms with van der Waals surface area (Å²) < 4.78 is 36.2. The first kappa shape index (κ1) is 11.8. The molecule has 0 saturated carbocycles. The van der Waals surface area contributed by atoms with Gasteiger partial charge in [-0.1, -0.05) is 25.4 Å². The number of halogens is 2. The minimum Gasteiger partial charge on any atom is -0.461 e. The number of likely N-dealkylation sites (N-methyl/N-ethyl adjacent to an activating group) is 1. The van der Waals surface area contributed by atoms with Gasteiger partial charge in [-0.05, 0) is 31.3 Å². The Bertz CT molecular complexity index is 555. The van der Waals surface area contributed by atoms with Crippen LogP contribution in [0.2, 0.25) is 5.02 Å². The maximum absolute atomic E-state index is 12.1. The topological polar surface area (TPSA) is 55.6 Å². The number of benzene rings is 1. The first-order valence-electron chi connectivity index (χ1n) is 7.60. The summed E-state index contributed by atoms with van der Waals surface area (Å²) in [5, 5.41) is 0.0178. The number of rotatable bonds is 6. The first-order valence-corrected chi connectivity index (χ1v) is 5.98. The van der Waals surface area contributed by atoms with E-state index in [2.05, 4.69) is 0 Å². The van der Waals surface area contributed by atoms with E-state index in [1.54, 1.807) is 13.8 Å². The third-order valence-electron chi connectivity index (χ3n) is 2.32. The number of carbonyl (C=O) groups excluding carboxylic acids is 1. The molecule has 0 unspecified atom stereocenters. The molecule has 0 aliphatic rings.